The van der Waals surface area contributed by atoms with Gasteiger partial charge in [-0.15, -0.1) is 0 Å². The number of ether oxygens (including phenoxy) is 3. The van der Waals surface area contributed by atoms with E-state index < -0.39 is 17.7 Å². The number of thioether (sulfide) groups is 1. The van der Waals surface area contributed by atoms with Gasteiger partial charge < -0.3 is 14.2 Å². The van der Waals surface area contributed by atoms with Gasteiger partial charge in [-0.2, -0.15) is 11.8 Å². The van der Waals surface area contributed by atoms with Crippen molar-refractivity contribution in [1.29, 1.82) is 0 Å². The van der Waals surface area contributed by atoms with Crippen LogP contribution in [0.1, 0.15) is 44.6 Å². The Morgan fingerprint density at radius 2 is 1.93 bits per heavy atom. The smallest absolute Gasteiger partial charge is 0.419 e. The normalized spacial score (nSPS) is 11.4. The molecule has 2 aromatic rings. The second kappa shape index (κ2) is 9.17. The number of hydrogen-bond acceptors (Lipinski definition) is 6. The molecule has 0 aliphatic carbocycles. The highest BCUT2D eigenvalue weighted by molar-refractivity contribution is 7.98. The molecule has 0 amide bonds. The summed E-state index contributed by atoms with van der Waals surface area (Å²) in [7, 11) is 0. The lowest BCUT2D eigenvalue weighted by atomic mass is 10.2. The fraction of sp³-hybridized carbons (Fsp3) is 0.500. The largest absolute Gasteiger partial charge is 0.494 e. The van der Waals surface area contributed by atoms with Crippen molar-refractivity contribution in [2.75, 3.05) is 25.2 Å². The van der Waals surface area contributed by atoms with Gasteiger partial charge in [-0.3, -0.25) is 0 Å². The second-order valence-electron chi connectivity index (χ2n) is 6.98. The van der Waals surface area contributed by atoms with Gasteiger partial charge in [0.15, 0.2) is 0 Å². The van der Waals surface area contributed by atoms with Crippen LogP contribution in [-0.2, 0) is 9.47 Å². The van der Waals surface area contributed by atoms with E-state index in [0.717, 1.165) is 12.2 Å². The van der Waals surface area contributed by atoms with Gasteiger partial charge in [-0.05, 0) is 70.4 Å². The van der Waals surface area contributed by atoms with Gasteiger partial charge in [0.2, 0.25) is 0 Å². The zero-order valence-corrected chi connectivity index (χ0v) is 17.4. The number of carbonyl (C=O) groups excluding carboxylic acids is 2. The van der Waals surface area contributed by atoms with Crippen LogP contribution in [0.3, 0.4) is 0 Å². The van der Waals surface area contributed by atoms with Gasteiger partial charge in [-0.1, -0.05) is 0 Å². The molecule has 0 saturated carbocycles. The first-order chi connectivity index (χ1) is 12.8. The van der Waals surface area contributed by atoms with E-state index in [4.69, 9.17) is 14.2 Å². The summed E-state index contributed by atoms with van der Waals surface area (Å²) in [6.45, 7) is 7.89. The van der Waals surface area contributed by atoms with E-state index >= 15 is 0 Å². The molecule has 148 valence electrons. The third-order valence-electron chi connectivity index (χ3n) is 3.60. The van der Waals surface area contributed by atoms with Crippen molar-refractivity contribution in [1.82, 2.24) is 4.57 Å². The summed E-state index contributed by atoms with van der Waals surface area (Å²) < 4.78 is 17.6. The molecule has 27 heavy (non-hydrogen) atoms. The standard InChI is InChI=1S/C20H27NO5S/c1-6-24-18(22)17-13-14-12-15(25-10-7-11-27-5)8-9-16(14)21(17)19(23)26-20(2,3)4/h8-9,12-13H,6-7,10-11H2,1-5H3. The van der Waals surface area contributed by atoms with Crippen molar-refractivity contribution in [3.8, 4) is 5.75 Å². The third kappa shape index (κ3) is 5.66. The Hall–Kier alpha value is -2.15. The summed E-state index contributed by atoms with van der Waals surface area (Å²) in [4.78, 5) is 25.0. The molecular formula is C20H27NO5S. The van der Waals surface area contributed by atoms with E-state index in [1.165, 1.54) is 4.57 Å². The molecular weight excluding hydrogens is 366 g/mol. The molecule has 1 aromatic carbocycles. The minimum absolute atomic E-state index is 0.139. The molecule has 1 aromatic heterocycles. The van der Waals surface area contributed by atoms with Crippen LogP contribution in [0.25, 0.3) is 10.9 Å². The molecule has 0 fully saturated rings. The molecule has 0 saturated heterocycles. The highest BCUT2D eigenvalue weighted by Gasteiger charge is 2.25. The van der Waals surface area contributed by atoms with Crippen LogP contribution in [0, 0.1) is 0 Å². The summed E-state index contributed by atoms with van der Waals surface area (Å²) in [5, 5.41) is 0.714. The van der Waals surface area contributed by atoms with Gasteiger partial charge in [0, 0.05) is 5.39 Å². The van der Waals surface area contributed by atoms with Crippen molar-refractivity contribution in [3.63, 3.8) is 0 Å². The Bertz CT molecular complexity index is 807. The Morgan fingerprint density at radius 1 is 1.19 bits per heavy atom. The molecule has 0 aliphatic heterocycles. The maximum Gasteiger partial charge on any atom is 0.419 e. The zero-order valence-electron chi connectivity index (χ0n) is 16.5. The lowest BCUT2D eigenvalue weighted by Gasteiger charge is -2.20. The number of nitrogens with zero attached hydrogens (tertiary/aromatic N) is 1. The van der Waals surface area contributed by atoms with E-state index in [-0.39, 0.29) is 12.3 Å². The summed E-state index contributed by atoms with van der Waals surface area (Å²) >= 11 is 1.77. The van der Waals surface area contributed by atoms with Crippen LogP contribution in [0.4, 0.5) is 4.79 Å². The van der Waals surface area contributed by atoms with Crippen LogP contribution < -0.4 is 4.74 Å². The SMILES string of the molecule is CCOC(=O)c1cc2cc(OCCCSC)ccc2n1C(=O)OC(C)(C)C. The zero-order chi connectivity index (χ0) is 20.0. The van der Waals surface area contributed by atoms with Crippen molar-refractivity contribution < 1.29 is 23.8 Å². The number of fused-ring (bicyclic) bond motifs is 1. The first kappa shape index (κ1) is 21.2. The minimum Gasteiger partial charge on any atom is -0.494 e. The van der Waals surface area contributed by atoms with Crippen LogP contribution >= 0.6 is 11.8 Å². The minimum atomic E-state index is -0.681. The molecule has 0 unspecified atom stereocenters. The van der Waals surface area contributed by atoms with Crippen molar-refractivity contribution in [3.05, 3.63) is 30.0 Å². The van der Waals surface area contributed by atoms with Crippen LogP contribution in [-0.4, -0.2) is 47.5 Å². The van der Waals surface area contributed by atoms with Gasteiger partial charge >= 0.3 is 12.1 Å². The van der Waals surface area contributed by atoms with Crippen molar-refractivity contribution >= 4 is 34.7 Å². The maximum atomic E-state index is 12.7. The van der Waals surface area contributed by atoms with E-state index in [2.05, 4.69) is 6.26 Å². The number of carbonyl (C=O) groups is 2. The number of aromatic nitrogens is 1. The first-order valence-corrected chi connectivity index (χ1v) is 10.3. The highest BCUT2D eigenvalue weighted by atomic mass is 32.2. The number of hydrogen-bond donors (Lipinski definition) is 0. The molecule has 0 radical (unpaired) electrons. The highest BCUT2D eigenvalue weighted by Crippen LogP contribution is 2.26. The Labute approximate surface area is 164 Å². The Morgan fingerprint density at radius 3 is 2.56 bits per heavy atom. The van der Waals surface area contributed by atoms with Gasteiger partial charge in [0.05, 0.1) is 18.7 Å². The van der Waals surface area contributed by atoms with Crippen LogP contribution in [0.2, 0.25) is 0 Å². The Kier molecular flexibility index (Phi) is 7.18. The van der Waals surface area contributed by atoms with Crippen LogP contribution in [0.15, 0.2) is 24.3 Å². The predicted octanol–water partition coefficient (Wildman–Crippen LogP) is 4.73. The summed E-state index contributed by atoms with van der Waals surface area (Å²) in [5.41, 5.74) is 0.0318. The van der Waals surface area contributed by atoms with E-state index in [9.17, 15) is 9.59 Å². The number of benzene rings is 1. The van der Waals surface area contributed by atoms with Gasteiger partial charge in [-0.25, -0.2) is 14.2 Å². The molecule has 0 aliphatic rings. The molecule has 1 heterocycles. The molecule has 7 heteroatoms. The number of esters is 1. The molecule has 0 spiro atoms. The lowest BCUT2D eigenvalue weighted by Crippen LogP contribution is -2.29. The van der Waals surface area contributed by atoms with Gasteiger partial charge in [0.25, 0.3) is 0 Å². The van der Waals surface area contributed by atoms with Gasteiger partial charge in [0.1, 0.15) is 17.0 Å². The quantitative estimate of drug-likeness (QED) is 0.500. The molecule has 6 nitrogen and oxygen atoms in total. The molecule has 0 N–H and O–H groups in total. The van der Waals surface area contributed by atoms with Crippen LogP contribution in [0.5, 0.6) is 5.75 Å². The summed E-state index contributed by atoms with van der Waals surface area (Å²) in [5.74, 6) is 1.16. The summed E-state index contributed by atoms with van der Waals surface area (Å²) in [6.07, 6.45) is 2.39. The third-order valence-corrected chi connectivity index (χ3v) is 4.29. The fourth-order valence-electron chi connectivity index (χ4n) is 2.54. The van der Waals surface area contributed by atoms with E-state index in [1.807, 2.05) is 6.07 Å². The number of rotatable bonds is 7. The van der Waals surface area contributed by atoms with Crippen molar-refractivity contribution in [2.45, 2.75) is 39.7 Å². The first-order valence-electron chi connectivity index (χ1n) is 8.94. The molecule has 0 atom stereocenters. The average Bonchev–Trinajstić information content (AvgIpc) is 2.96. The predicted molar refractivity (Wildman–Crippen MR) is 108 cm³/mol. The van der Waals surface area contributed by atoms with Crippen molar-refractivity contribution in [2.24, 2.45) is 0 Å². The maximum absolute atomic E-state index is 12.7. The summed E-state index contributed by atoms with van der Waals surface area (Å²) in [6, 6.07) is 6.99. The Balaban J connectivity index is 2.39. The second-order valence-corrected chi connectivity index (χ2v) is 7.97. The van der Waals surface area contributed by atoms with E-state index in [0.29, 0.717) is 23.3 Å². The topological polar surface area (TPSA) is 66.8 Å². The fourth-order valence-corrected chi connectivity index (χ4v) is 2.94. The molecule has 2 rings (SSSR count). The monoisotopic (exact) mass is 393 g/mol. The average molecular weight is 394 g/mol. The molecule has 0 bridgehead atoms. The van der Waals surface area contributed by atoms with E-state index in [1.54, 1.807) is 57.7 Å². The lowest BCUT2D eigenvalue weighted by molar-refractivity contribution is 0.0454.